The number of hydrogen-bond donors (Lipinski definition) is 0. The van der Waals surface area contributed by atoms with Gasteiger partial charge in [0.15, 0.2) is 5.78 Å². The highest BCUT2D eigenvalue weighted by Gasteiger charge is 2.33. The van der Waals surface area contributed by atoms with Crippen LogP contribution in [-0.4, -0.2) is 33.9 Å². The topological polar surface area (TPSA) is 59.3 Å². The lowest BCUT2D eigenvalue weighted by Gasteiger charge is -2.30. The van der Waals surface area contributed by atoms with Crippen molar-refractivity contribution < 1.29 is 14.3 Å². The molecule has 0 aliphatic rings. The predicted molar refractivity (Wildman–Crippen MR) is 182 cm³/mol. The number of carbonyl (C=O) groups excluding carboxylic acids is 1. The first-order chi connectivity index (χ1) is 20.6. The van der Waals surface area contributed by atoms with Gasteiger partial charge in [0.2, 0.25) is 4.38 Å². The SMILES string of the molecule is CCOC(=S)SC(CCC(=O)C(C#N)=P(c1ccccc1)(c1ccccc1)c1ccccc1)COCc1ccccc1. The minimum atomic E-state index is -2.76. The molecule has 0 aromatic heterocycles. The number of ketones is 1. The van der Waals surface area contributed by atoms with Gasteiger partial charge in [-0.15, -0.1) is 0 Å². The zero-order chi connectivity index (χ0) is 29.6. The molecule has 0 aliphatic carbocycles. The van der Waals surface area contributed by atoms with Crippen LogP contribution in [-0.2, 0) is 20.9 Å². The number of ether oxygens (including phenoxy) is 2. The van der Waals surface area contributed by atoms with Crippen LogP contribution in [0.5, 0.6) is 0 Å². The number of rotatable bonds is 13. The van der Waals surface area contributed by atoms with Crippen molar-refractivity contribution in [3.63, 3.8) is 0 Å². The van der Waals surface area contributed by atoms with Crippen molar-refractivity contribution in [1.82, 2.24) is 0 Å². The lowest BCUT2D eigenvalue weighted by Crippen LogP contribution is -2.33. The summed E-state index contributed by atoms with van der Waals surface area (Å²) in [5.74, 6) is -0.154. The Morgan fingerprint density at radius 2 is 1.31 bits per heavy atom. The summed E-state index contributed by atoms with van der Waals surface area (Å²) < 4.78 is 12.0. The highest BCUT2D eigenvalue weighted by atomic mass is 32.2. The van der Waals surface area contributed by atoms with Gasteiger partial charge in [-0.3, -0.25) is 4.79 Å². The number of Topliss-reactive ketones (excluding diaryl/α,β-unsaturated/α-hetero) is 1. The first-order valence-corrected chi connectivity index (χ1v) is 17.0. The Morgan fingerprint density at radius 3 is 1.76 bits per heavy atom. The molecule has 1 unspecified atom stereocenters. The number of hydrogen-bond acceptors (Lipinski definition) is 6. The number of nitriles is 1. The quantitative estimate of drug-likeness (QED) is 0.124. The van der Waals surface area contributed by atoms with Gasteiger partial charge in [-0.25, -0.2) is 0 Å². The Labute approximate surface area is 258 Å². The molecule has 1 atom stereocenters. The van der Waals surface area contributed by atoms with Crippen LogP contribution in [0.3, 0.4) is 0 Å². The van der Waals surface area contributed by atoms with Crippen LogP contribution in [0.4, 0.5) is 0 Å². The van der Waals surface area contributed by atoms with Crippen molar-refractivity contribution in [1.29, 1.82) is 5.26 Å². The van der Waals surface area contributed by atoms with Crippen molar-refractivity contribution in [2.75, 3.05) is 13.2 Å². The highest BCUT2D eigenvalue weighted by Crippen LogP contribution is 2.46. The molecule has 0 N–H and O–H groups in total. The standard InChI is InChI=1S/C35H34NO3PS2/c1-2-39-35(41)42-32(27-38-26-28-15-7-3-8-16-28)23-24-33(37)34(25-36)40(29-17-9-4-10-18-29,30-19-11-5-12-20-30)31-21-13-6-14-22-31/h3-22,32H,2,23-24,26-27H2,1H3. The van der Waals surface area contributed by atoms with E-state index >= 15 is 0 Å². The molecule has 214 valence electrons. The van der Waals surface area contributed by atoms with Crippen LogP contribution < -0.4 is 15.9 Å². The number of thiocarbonyl (C=S) groups is 1. The minimum absolute atomic E-state index is 0.102. The maximum absolute atomic E-state index is 14.2. The molecule has 0 aliphatic heterocycles. The van der Waals surface area contributed by atoms with E-state index in [1.54, 1.807) is 0 Å². The first-order valence-electron chi connectivity index (χ1n) is 13.9. The summed E-state index contributed by atoms with van der Waals surface area (Å²) in [5.41, 5.74) is 1.08. The summed E-state index contributed by atoms with van der Waals surface area (Å²) in [6.07, 6.45) is 0.688. The molecule has 0 spiro atoms. The van der Waals surface area contributed by atoms with Crippen molar-refractivity contribution >= 4 is 62.2 Å². The number of carbonyl (C=O) groups is 1. The number of benzene rings is 4. The summed E-state index contributed by atoms with van der Waals surface area (Å²) in [6.45, 7) is 0.479. The fraction of sp³-hybridized carbons (Fsp3) is 0.200. The van der Waals surface area contributed by atoms with Gasteiger partial charge in [0.25, 0.3) is 0 Å². The van der Waals surface area contributed by atoms with Crippen molar-refractivity contribution in [3.05, 3.63) is 127 Å². The second-order valence-electron chi connectivity index (χ2n) is 9.52. The minimum Gasteiger partial charge on any atom is -0.479 e. The molecule has 4 aromatic rings. The zero-order valence-electron chi connectivity index (χ0n) is 23.6. The Bertz CT molecular complexity index is 1440. The molecule has 0 bridgehead atoms. The zero-order valence-corrected chi connectivity index (χ0v) is 26.1. The van der Waals surface area contributed by atoms with Gasteiger partial charge < -0.3 is 9.47 Å². The molecule has 0 amide bonds. The smallest absolute Gasteiger partial charge is 0.220 e. The highest BCUT2D eigenvalue weighted by molar-refractivity contribution is 8.23. The Morgan fingerprint density at radius 1 is 0.833 bits per heavy atom. The monoisotopic (exact) mass is 611 g/mol. The summed E-state index contributed by atoms with van der Waals surface area (Å²) in [6, 6.07) is 42.3. The maximum atomic E-state index is 14.2. The second kappa shape index (κ2) is 16.2. The van der Waals surface area contributed by atoms with Crippen molar-refractivity contribution in [3.8, 4) is 6.07 Å². The van der Waals surface area contributed by atoms with E-state index in [9.17, 15) is 10.1 Å². The Balaban J connectivity index is 1.71. The van der Waals surface area contributed by atoms with Crippen molar-refractivity contribution in [2.45, 2.75) is 31.6 Å². The van der Waals surface area contributed by atoms with E-state index in [0.29, 0.717) is 35.9 Å². The van der Waals surface area contributed by atoms with Crippen LogP contribution in [0.15, 0.2) is 121 Å². The lowest BCUT2D eigenvalue weighted by molar-refractivity contribution is -0.112. The van der Waals surface area contributed by atoms with E-state index in [2.05, 4.69) is 6.07 Å². The molecule has 42 heavy (non-hydrogen) atoms. The van der Waals surface area contributed by atoms with Gasteiger partial charge in [-0.2, -0.15) is 5.26 Å². The van der Waals surface area contributed by atoms with Gasteiger partial charge in [-0.05, 0) is 53.9 Å². The summed E-state index contributed by atoms with van der Waals surface area (Å²) in [4.78, 5) is 14.2. The van der Waals surface area contributed by atoms with E-state index in [1.165, 1.54) is 11.8 Å². The fourth-order valence-corrected chi connectivity index (χ4v) is 10.4. The molecule has 4 rings (SSSR count). The molecular weight excluding hydrogens is 577 g/mol. The maximum Gasteiger partial charge on any atom is 0.220 e. The third-order valence-corrected chi connectivity index (χ3v) is 12.4. The van der Waals surface area contributed by atoms with Gasteiger partial charge in [0.1, 0.15) is 11.4 Å². The molecule has 0 radical (unpaired) electrons. The van der Waals surface area contributed by atoms with Gasteiger partial charge in [0.05, 0.1) is 19.8 Å². The lowest BCUT2D eigenvalue weighted by atomic mass is 10.1. The van der Waals surface area contributed by atoms with Crippen LogP contribution in [0.1, 0.15) is 25.3 Å². The van der Waals surface area contributed by atoms with E-state index in [1.807, 2.05) is 128 Å². The molecule has 0 saturated carbocycles. The number of thioether (sulfide) groups is 1. The third kappa shape index (κ3) is 7.88. The molecule has 0 heterocycles. The molecule has 4 aromatic carbocycles. The molecule has 4 nitrogen and oxygen atoms in total. The average molecular weight is 612 g/mol. The average Bonchev–Trinajstić information content (AvgIpc) is 3.04. The molecule has 7 heteroatoms. The summed E-state index contributed by atoms with van der Waals surface area (Å²) in [5, 5.41) is 13.8. The molecule has 0 fully saturated rings. The van der Waals surface area contributed by atoms with E-state index in [0.717, 1.165) is 21.5 Å². The Kier molecular flexibility index (Phi) is 12.2. The molecule has 0 saturated heterocycles. The van der Waals surface area contributed by atoms with Crippen LogP contribution in [0, 0.1) is 11.3 Å². The van der Waals surface area contributed by atoms with Crippen LogP contribution >= 0.6 is 30.9 Å². The number of nitrogens with zero attached hydrogens (tertiary/aromatic N) is 1. The van der Waals surface area contributed by atoms with Gasteiger partial charge in [0, 0.05) is 11.7 Å². The van der Waals surface area contributed by atoms with E-state index in [-0.39, 0.29) is 17.5 Å². The molecular formula is C35H34NO3PS2. The fourth-order valence-electron chi connectivity index (χ4n) is 4.87. The second-order valence-corrected chi connectivity index (χ2v) is 14.8. The van der Waals surface area contributed by atoms with E-state index < -0.39 is 6.89 Å². The predicted octanol–water partition coefficient (Wildman–Crippen LogP) is 6.67. The van der Waals surface area contributed by atoms with Crippen LogP contribution in [0.25, 0.3) is 0 Å². The largest absolute Gasteiger partial charge is 0.479 e. The Hall–Kier alpha value is -3.46. The van der Waals surface area contributed by atoms with Crippen molar-refractivity contribution in [2.24, 2.45) is 0 Å². The summed E-state index contributed by atoms with van der Waals surface area (Å²) >= 11 is 6.84. The van der Waals surface area contributed by atoms with Gasteiger partial charge >= 0.3 is 0 Å². The van der Waals surface area contributed by atoms with Crippen LogP contribution in [0.2, 0.25) is 0 Å². The van der Waals surface area contributed by atoms with E-state index in [4.69, 9.17) is 21.7 Å². The normalized spacial score (nSPS) is 11.7. The summed E-state index contributed by atoms with van der Waals surface area (Å²) in [7, 11) is 0. The van der Waals surface area contributed by atoms with Gasteiger partial charge in [-0.1, -0.05) is 133 Å². The first kappa shape index (κ1) is 31.5. The third-order valence-electron chi connectivity index (χ3n) is 6.77.